The molecule has 8 nitrogen and oxygen atoms in total. The summed E-state index contributed by atoms with van der Waals surface area (Å²) >= 11 is 1.22. The Balaban J connectivity index is 1.49. The summed E-state index contributed by atoms with van der Waals surface area (Å²) in [5, 5.41) is 6.15. The minimum atomic E-state index is -4.53. The molecule has 220 valence electrons. The van der Waals surface area contributed by atoms with E-state index in [4.69, 9.17) is 4.74 Å². The lowest BCUT2D eigenvalue weighted by molar-refractivity contribution is -0.137. The number of alkyl carbamates (subject to hydrolysis) is 1. The van der Waals surface area contributed by atoms with E-state index in [9.17, 15) is 22.8 Å². The second kappa shape index (κ2) is 12.3. The SMILES string of the molecule is Cc1ncc(-c2ncc(C(=O)N[C@H](C)c3ccc(-c4cc(C(F)(F)F)ccc4CNC(=O)OC(C)(C)C)cc3)s2)cn1. The third-order valence-electron chi connectivity index (χ3n) is 6.09. The fraction of sp³-hybridized carbons (Fsp3) is 0.300. The maximum absolute atomic E-state index is 13.5. The number of ether oxygens (including phenoxy) is 1. The predicted octanol–water partition coefficient (Wildman–Crippen LogP) is 7.11. The van der Waals surface area contributed by atoms with Gasteiger partial charge < -0.3 is 15.4 Å². The molecule has 0 unspecified atom stereocenters. The molecular weight excluding hydrogens is 567 g/mol. The number of amides is 2. The highest BCUT2D eigenvalue weighted by molar-refractivity contribution is 7.16. The molecule has 2 aromatic carbocycles. The molecule has 2 aromatic heterocycles. The third-order valence-corrected chi connectivity index (χ3v) is 7.13. The highest BCUT2D eigenvalue weighted by Crippen LogP contribution is 2.35. The van der Waals surface area contributed by atoms with E-state index in [0.717, 1.165) is 17.7 Å². The first-order valence-corrected chi connectivity index (χ1v) is 13.8. The maximum atomic E-state index is 13.5. The maximum Gasteiger partial charge on any atom is 0.416 e. The zero-order valence-corrected chi connectivity index (χ0v) is 24.5. The van der Waals surface area contributed by atoms with Gasteiger partial charge in [0.25, 0.3) is 5.91 Å². The minimum absolute atomic E-state index is 0.0256. The number of rotatable bonds is 7. The molecule has 0 fully saturated rings. The molecule has 2 amide bonds. The van der Waals surface area contributed by atoms with Crippen LogP contribution in [0, 0.1) is 6.92 Å². The molecule has 0 radical (unpaired) electrons. The van der Waals surface area contributed by atoms with Gasteiger partial charge in [-0.05, 0) is 69.0 Å². The number of thiazole rings is 1. The molecule has 0 spiro atoms. The normalized spacial score (nSPS) is 12.5. The van der Waals surface area contributed by atoms with E-state index in [0.29, 0.717) is 38.0 Å². The van der Waals surface area contributed by atoms with Crippen molar-refractivity contribution >= 4 is 23.3 Å². The van der Waals surface area contributed by atoms with Gasteiger partial charge in [0.15, 0.2) is 0 Å². The Labute approximate surface area is 245 Å². The number of aryl methyl sites for hydroxylation is 1. The minimum Gasteiger partial charge on any atom is -0.444 e. The Bertz CT molecular complexity index is 1560. The summed E-state index contributed by atoms with van der Waals surface area (Å²) in [7, 11) is 0. The van der Waals surface area contributed by atoms with Crippen LogP contribution in [0.25, 0.3) is 21.7 Å². The van der Waals surface area contributed by atoms with Gasteiger partial charge in [-0.15, -0.1) is 11.3 Å². The Kier molecular flexibility index (Phi) is 8.95. The van der Waals surface area contributed by atoms with Gasteiger partial charge in [0.05, 0.1) is 17.8 Å². The Hall–Kier alpha value is -4.32. The summed E-state index contributed by atoms with van der Waals surface area (Å²) in [6.45, 7) is 8.72. The van der Waals surface area contributed by atoms with E-state index in [1.165, 1.54) is 23.6 Å². The summed E-state index contributed by atoms with van der Waals surface area (Å²) in [4.78, 5) is 38.1. The van der Waals surface area contributed by atoms with Crippen molar-refractivity contribution in [3.8, 4) is 21.7 Å². The van der Waals surface area contributed by atoms with Crippen LogP contribution in [-0.2, 0) is 17.5 Å². The van der Waals surface area contributed by atoms with Gasteiger partial charge in [-0.2, -0.15) is 13.2 Å². The van der Waals surface area contributed by atoms with Crippen LogP contribution in [0.2, 0.25) is 0 Å². The molecule has 2 heterocycles. The van der Waals surface area contributed by atoms with Crippen molar-refractivity contribution < 1.29 is 27.5 Å². The van der Waals surface area contributed by atoms with Gasteiger partial charge in [-0.1, -0.05) is 30.3 Å². The number of halogens is 3. The van der Waals surface area contributed by atoms with E-state index < -0.39 is 29.5 Å². The molecule has 4 aromatic rings. The van der Waals surface area contributed by atoms with Gasteiger partial charge in [0, 0.05) is 24.5 Å². The van der Waals surface area contributed by atoms with Crippen molar-refractivity contribution in [3.63, 3.8) is 0 Å². The number of hydrogen-bond acceptors (Lipinski definition) is 7. The summed E-state index contributed by atoms with van der Waals surface area (Å²) in [5.74, 6) is 0.326. The summed E-state index contributed by atoms with van der Waals surface area (Å²) in [5.41, 5.74) is 1.28. The topological polar surface area (TPSA) is 106 Å². The van der Waals surface area contributed by atoms with Crippen molar-refractivity contribution in [2.45, 2.75) is 59.0 Å². The van der Waals surface area contributed by atoms with Crippen molar-refractivity contribution in [1.29, 1.82) is 0 Å². The van der Waals surface area contributed by atoms with Crippen LogP contribution in [0.1, 0.15) is 65.9 Å². The number of nitrogens with one attached hydrogen (secondary N) is 2. The van der Waals surface area contributed by atoms with Crippen molar-refractivity contribution in [3.05, 3.63) is 88.4 Å². The second-order valence-electron chi connectivity index (χ2n) is 10.6. The molecule has 0 bridgehead atoms. The van der Waals surface area contributed by atoms with Crippen LogP contribution in [0.5, 0.6) is 0 Å². The van der Waals surface area contributed by atoms with E-state index in [-0.39, 0.29) is 12.5 Å². The molecule has 0 aliphatic carbocycles. The summed E-state index contributed by atoms with van der Waals surface area (Å²) in [6, 6.07) is 9.86. The smallest absolute Gasteiger partial charge is 0.416 e. The van der Waals surface area contributed by atoms with E-state index in [1.54, 1.807) is 64.4 Å². The summed E-state index contributed by atoms with van der Waals surface area (Å²) in [6.07, 6.45) is -0.417. The monoisotopic (exact) mass is 597 g/mol. The zero-order chi connectivity index (χ0) is 30.7. The van der Waals surface area contributed by atoms with E-state index in [1.807, 2.05) is 6.92 Å². The highest BCUT2D eigenvalue weighted by atomic mass is 32.1. The lowest BCUT2D eigenvalue weighted by Crippen LogP contribution is -2.32. The van der Waals surface area contributed by atoms with Gasteiger partial charge in [-0.25, -0.2) is 19.7 Å². The number of nitrogens with zero attached hydrogens (tertiary/aromatic N) is 3. The van der Waals surface area contributed by atoms with Crippen LogP contribution in [0.3, 0.4) is 0 Å². The Morgan fingerprint density at radius 2 is 1.62 bits per heavy atom. The van der Waals surface area contributed by atoms with Crippen LogP contribution in [0.15, 0.2) is 61.1 Å². The molecule has 0 saturated heterocycles. The fourth-order valence-corrected chi connectivity index (χ4v) is 4.77. The van der Waals surface area contributed by atoms with E-state index >= 15 is 0 Å². The fourth-order valence-electron chi connectivity index (χ4n) is 3.98. The first-order chi connectivity index (χ1) is 19.7. The van der Waals surface area contributed by atoms with Crippen molar-refractivity contribution in [2.75, 3.05) is 0 Å². The quantitative estimate of drug-likeness (QED) is 0.235. The average molecular weight is 598 g/mol. The second-order valence-corrected chi connectivity index (χ2v) is 11.6. The lowest BCUT2D eigenvalue weighted by Gasteiger charge is -2.20. The number of aromatic nitrogens is 3. The molecule has 0 saturated carbocycles. The molecule has 2 N–H and O–H groups in total. The molecule has 1 atom stereocenters. The number of benzene rings is 2. The zero-order valence-electron chi connectivity index (χ0n) is 23.7. The van der Waals surface area contributed by atoms with Crippen molar-refractivity contribution in [2.24, 2.45) is 0 Å². The number of alkyl halides is 3. The highest BCUT2D eigenvalue weighted by Gasteiger charge is 2.31. The lowest BCUT2D eigenvalue weighted by atomic mass is 9.95. The molecular formula is C30H30F3N5O3S. The van der Waals surface area contributed by atoms with Gasteiger partial charge >= 0.3 is 12.3 Å². The molecule has 42 heavy (non-hydrogen) atoms. The number of carbonyl (C=O) groups excluding carboxylic acids is 2. The van der Waals surface area contributed by atoms with Crippen LogP contribution in [-0.4, -0.2) is 32.6 Å². The van der Waals surface area contributed by atoms with Crippen LogP contribution < -0.4 is 10.6 Å². The van der Waals surface area contributed by atoms with Crippen molar-refractivity contribution in [1.82, 2.24) is 25.6 Å². The largest absolute Gasteiger partial charge is 0.444 e. The van der Waals surface area contributed by atoms with Crippen LogP contribution in [0.4, 0.5) is 18.0 Å². The first-order valence-electron chi connectivity index (χ1n) is 13.0. The molecule has 4 rings (SSSR count). The third kappa shape index (κ3) is 7.90. The summed E-state index contributed by atoms with van der Waals surface area (Å²) < 4.78 is 45.8. The van der Waals surface area contributed by atoms with Crippen LogP contribution >= 0.6 is 11.3 Å². The molecule has 0 aliphatic heterocycles. The average Bonchev–Trinajstić information content (AvgIpc) is 3.41. The van der Waals surface area contributed by atoms with Gasteiger partial charge in [-0.3, -0.25) is 4.79 Å². The Morgan fingerprint density at radius 3 is 2.24 bits per heavy atom. The van der Waals surface area contributed by atoms with E-state index in [2.05, 4.69) is 25.6 Å². The standard InChI is InChI=1S/C30H30F3N5O3S/c1-17(38-26(39)25-16-36-27(42-25)22-14-34-18(2)35-15-22)19-6-8-20(9-7-19)24-12-23(30(31,32)33)11-10-21(24)13-37-28(40)41-29(3,4)5/h6-12,14-17H,13H2,1-5H3,(H,37,40)(H,38,39)/t17-/m1/s1. The number of carbonyl (C=O) groups is 2. The number of hydrogen-bond donors (Lipinski definition) is 2. The molecule has 12 heteroatoms. The molecule has 0 aliphatic rings. The van der Waals surface area contributed by atoms with Gasteiger partial charge in [0.2, 0.25) is 0 Å². The van der Waals surface area contributed by atoms with Gasteiger partial charge in [0.1, 0.15) is 21.3 Å². The first kappa shape index (κ1) is 30.6. The predicted molar refractivity (Wildman–Crippen MR) is 154 cm³/mol. The Morgan fingerprint density at radius 1 is 0.952 bits per heavy atom.